The van der Waals surface area contributed by atoms with Crippen molar-refractivity contribution in [1.82, 2.24) is 15.1 Å². The van der Waals surface area contributed by atoms with Gasteiger partial charge in [-0.3, -0.25) is 9.59 Å². The van der Waals surface area contributed by atoms with Crippen molar-refractivity contribution in [3.63, 3.8) is 0 Å². The number of benzene rings is 2. The molecule has 0 spiro atoms. The first kappa shape index (κ1) is 18.2. The van der Waals surface area contributed by atoms with Crippen molar-refractivity contribution in [2.75, 3.05) is 11.9 Å². The SMILES string of the molecule is C#Cc1cccc(NC(=O)CNC(=O)c2ccn(-c3ccccc3Cl)n2)c1. The highest BCUT2D eigenvalue weighted by Crippen LogP contribution is 2.19. The van der Waals surface area contributed by atoms with Crippen LogP contribution in [0.5, 0.6) is 0 Å². The lowest BCUT2D eigenvalue weighted by atomic mass is 10.2. The largest absolute Gasteiger partial charge is 0.342 e. The third-order valence-corrected chi connectivity index (χ3v) is 3.96. The van der Waals surface area contributed by atoms with Crippen molar-refractivity contribution in [2.45, 2.75) is 0 Å². The van der Waals surface area contributed by atoms with Crippen LogP contribution in [0.25, 0.3) is 5.69 Å². The number of amides is 2. The molecule has 27 heavy (non-hydrogen) atoms. The lowest BCUT2D eigenvalue weighted by Crippen LogP contribution is -2.33. The van der Waals surface area contributed by atoms with Gasteiger partial charge in [-0.2, -0.15) is 5.10 Å². The monoisotopic (exact) mass is 378 g/mol. The Morgan fingerprint density at radius 2 is 1.96 bits per heavy atom. The van der Waals surface area contributed by atoms with Crippen molar-refractivity contribution < 1.29 is 9.59 Å². The Balaban J connectivity index is 1.59. The van der Waals surface area contributed by atoms with Crippen molar-refractivity contribution in [1.29, 1.82) is 0 Å². The second kappa shape index (κ2) is 8.21. The predicted octanol–water partition coefficient (Wildman–Crippen LogP) is 2.88. The van der Waals surface area contributed by atoms with Crippen LogP contribution in [0.3, 0.4) is 0 Å². The van der Waals surface area contributed by atoms with Crippen LogP contribution in [-0.2, 0) is 4.79 Å². The van der Waals surface area contributed by atoms with Crippen molar-refractivity contribution >= 4 is 29.1 Å². The molecule has 2 aromatic carbocycles. The van der Waals surface area contributed by atoms with E-state index in [9.17, 15) is 9.59 Å². The fourth-order valence-electron chi connectivity index (χ4n) is 2.36. The first-order valence-electron chi connectivity index (χ1n) is 8.02. The molecular formula is C20H15ClN4O2. The first-order valence-corrected chi connectivity index (χ1v) is 8.40. The highest BCUT2D eigenvalue weighted by atomic mass is 35.5. The van der Waals surface area contributed by atoms with Gasteiger partial charge in [0.15, 0.2) is 5.69 Å². The van der Waals surface area contributed by atoms with Crippen LogP contribution < -0.4 is 10.6 Å². The molecule has 0 saturated heterocycles. The smallest absolute Gasteiger partial charge is 0.272 e. The van der Waals surface area contributed by atoms with Crippen LogP contribution in [0.1, 0.15) is 16.1 Å². The average Bonchev–Trinajstić information content (AvgIpc) is 3.16. The Morgan fingerprint density at radius 3 is 2.74 bits per heavy atom. The fourth-order valence-corrected chi connectivity index (χ4v) is 2.58. The number of halogens is 1. The molecule has 0 fully saturated rings. The molecule has 2 amide bonds. The Morgan fingerprint density at radius 1 is 1.15 bits per heavy atom. The van der Waals surface area contributed by atoms with Crippen LogP contribution >= 0.6 is 11.6 Å². The van der Waals surface area contributed by atoms with Crippen LogP contribution in [0.4, 0.5) is 5.69 Å². The van der Waals surface area contributed by atoms with Gasteiger partial charge >= 0.3 is 0 Å². The van der Waals surface area contributed by atoms with E-state index in [1.165, 1.54) is 4.68 Å². The minimum atomic E-state index is -0.465. The fraction of sp³-hybridized carbons (Fsp3) is 0.0500. The Kier molecular flexibility index (Phi) is 5.55. The van der Waals surface area contributed by atoms with Crippen LogP contribution in [0.15, 0.2) is 60.8 Å². The molecule has 6 nitrogen and oxygen atoms in total. The summed E-state index contributed by atoms with van der Waals surface area (Å²) in [7, 11) is 0. The first-order chi connectivity index (χ1) is 13.1. The zero-order valence-corrected chi connectivity index (χ0v) is 14.9. The molecule has 0 aliphatic heterocycles. The van der Waals surface area contributed by atoms with Gasteiger partial charge in [-0.05, 0) is 36.4 Å². The number of nitrogens with zero attached hydrogens (tertiary/aromatic N) is 2. The maximum Gasteiger partial charge on any atom is 0.272 e. The van der Waals surface area contributed by atoms with Gasteiger partial charge in [0.05, 0.1) is 17.3 Å². The maximum atomic E-state index is 12.2. The molecule has 0 unspecified atom stereocenters. The van der Waals surface area contributed by atoms with Crippen LogP contribution in [-0.4, -0.2) is 28.1 Å². The summed E-state index contributed by atoms with van der Waals surface area (Å²) in [5, 5.41) is 9.90. The summed E-state index contributed by atoms with van der Waals surface area (Å²) in [5.41, 5.74) is 2.05. The van der Waals surface area contributed by atoms with Crippen molar-refractivity contribution in [2.24, 2.45) is 0 Å². The third kappa shape index (κ3) is 4.54. The Hall–Kier alpha value is -3.56. The van der Waals surface area contributed by atoms with E-state index in [1.807, 2.05) is 6.07 Å². The minimum Gasteiger partial charge on any atom is -0.342 e. The quantitative estimate of drug-likeness (QED) is 0.670. The highest BCUT2D eigenvalue weighted by molar-refractivity contribution is 6.32. The number of terminal acetylenes is 1. The van der Waals surface area contributed by atoms with Gasteiger partial charge in [0.1, 0.15) is 0 Å². The third-order valence-electron chi connectivity index (χ3n) is 3.64. The maximum absolute atomic E-state index is 12.2. The summed E-state index contributed by atoms with van der Waals surface area (Å²) in [6.07, 6.45) is 6.96. The Bertz CT molecular complexity index is 1040. The Labute approximate surface area is 161 Å². The lowest BCUT2D eigenvalue weighted by Gasteiger charge is -2.06. The molecule has 0 bridgehead atoms. The summed E-state index contributed by atoms with van der Waals surface area (Å²) in [6.45, 7) is -0.196. The standard InChI is InChI=1S/C20H15ClN4O2/c1-2-14-6-5-7-15(12-14)23-19(26)13-22-20(27)17-10-11-25(24-17)18-9-4-3-8-16(18)21/h1,3-12H,13H2,(H,22,27)(H,23,26). The number of carbonyl (C=O) groups is 2. The van der Waals surface area contributed by atoms with E-state index in [1.54, 1.807) is 54.7 Å². The van der Waals surface area contributed by atoms with Gasteiger partial charge < -0.3 is 10.6 Å². The molecule has 1 aromatic heterocycles. The number of para-hydroxylation sites is 1. The van der Waals surface area contributed by atoms with E-state index < -0.39 is 5.91 Å². The molecule has 0 aliphatic rings. The molecule has 0 atom stereocenters. The molecule has 7 heteroatoms. The van der Waals surface area contributed by atoms with Gasteiger partial charge in [0.25, 0.3) is 5.91 Å². The number of hydrogen-bond acceptors (Lipinski definition) is 3. The van der Waals surface area contributed by atoms with E-state index >= 15 is 0 Å². The highest BCUT2D eigenvalue weighted by Gasteiger charge is 2.13. The van der Waals surface area contributed by atoms with E-state index in [-0.39, 0.29) is 18.1 Å². The molecule has 1 heterocycles. The van der Waals surface area contributed by atoms with Crippen LogP contribution in [0.2, 0.25) is 5.02 Å². The number of anilines is 1. The second-order valence-electron chi connectivity index (χ2n) is 5.55. The number of aromatic nitrogens is 2. The van der Waals surface area contributed by atoms with E-state index in [0.29, 0.717) is 22.0 Å². The van der Waals surface area contributed by atoms with Crippen LogP contribution in [0, 0.1) is 12.3 Å². The molecule has 134 valence electrons. The van der Waals surface area contributed by atoms with E-state index in [0.717, 1.165) is 0 Å². The van der Waals surface area contributed by atoms with Crippen molar-refractivity contribution in [3.8, 4) is 18.0 Å². The molecule has 0 aliphatic carbocycles. The summed E-state index contributed by atoms with van der Waals surface area (Å²) >= 11 is 6.12. The number of hydrogen-bond donors (Lipinski definition) is 2. The zero-order valence-electron chi connectivity index (χ0n) is 14.1. The van der Waals surface area contributed by atoms with E-state index in [2.05, 4.69) is 21.7 Å². The predicted molar refractivity (Wildman–Crippen MR) is 104 cm³/mol. The number of nitrogens with one attached hydrogen (secondary N) is 2. The van der Waals surface area contributed by atoms with Gasteiger partial charge in [0, 0.05) is 17.4 Å². The summed E-state index contributed by atoms with van der Waals surface area (Å²) in [6, 6.07) is 15.6. The number of carbonyl (C=O) groups excluding carboxylic acids is 2. The molecule has 3 rings (SSSR count). The molecule has 2 N–H and O–H groups in total. The molecular weight excluding hydrogens is 364 g/mol. The second-order valence-corrected chi connectivity index (χ2v) is 5.96. The average molecular weight is 379 g/mol. The molecule has 0 saturated carbocycles. The lowest BCUT2D eigenvalue weighted by molar-refractivity contribution is -0.115. The number of rotatable bonds is 5. The van der Waals surface area contributed by atoms with Gasteiger partial charge in [0.2, 0.25) is 5.91 Å². The van der Waals surface area contributed by atoms with Gasteiger partial charge in [-0.15, -0.1) is 6.42 Å². The molecule has 3 aromatic rings. The summed E-state index contributed by atoms with van der Waals surface area (Å²) < 4.78 is 1.50. The minimum absolute atomic E-state index is 0.178. The normalized spacial score (nSPS) is 10.1. The summed E-state index contributed by atoms with van der Waals surface area (Å²) in [5.74, 6) is 1.65. The zero-order chi connectivity index (χ0) is 19.2. The van der Waals surface area contributed by atoms with Crippen molar-refractivity contribution in [3.05, 3.63) is 77.1 Å². The van der Waals surface area contributed by atoms with Gasteiger partial charge in [-0.1, -0.05) is 35.7 Å². The van der Waals surface area contributed by atoms with Gasteiger partial charge in [-0.25, -0.2) is 4.68 Å². The van der Waals surface area contributed by atoms with E-state index in [4.69, 9.17) is 18.0 Å². The summed E-state index contributed by atoms with van der Waals surface area (Å²) in [4.78, 5) is 24.2. The topological polar surface area (TPSA) is 76.0 Å². The molecule has 0 radical (unpaired) electrons.